The second-order valence-corrected chi connectivity index (χ2v) is 7.44. The molecule has 8 nitrogen and oxygen atoms in total. The number of nitrogens with zero attached hydrogens (tertiary/aromatic N) is 8. The van der Waals surface area contributed by atoms with Crippen molar-refractivity contribution >= 4 is 34.6 Å². The topological polar surface area (TPSA) is 64.5 Å². The standard InChI is InChI=1S/C23H28N8/c1-6-28-16(4)30(22-20(28)24-11-13-26-22)18-9-8-10-19(15(18)3)31-17(5)29(7-2)21-23(31)27-14-12-25-21/h8-14,16-17H,6-7H2,1-5H3/t16-,17+/i1D3,2D3,6D2/m0/s1. The molecule has 0 aliphatic carbocycles. The number of aromatic nitrogens is 4. The van der Waals surface area contributed by atoms with Gasteiger partial charge in [-0.05, 0) is 52.2 Å². The second kappa shape index (κ2) is 7.37. The molecule has 2 atom stereocenters. The van der Waals surface area contributed by atoms with Crippen molar-refractivity contribution in [2.75, 3.05) is 32.6 Å². The maximum absolute atomic E-state index is 8.48. The van der Waals surface area contributed by atoms with E-state index in [0.29, 0.717) is 23.1 Å². The molecule has 0 N–H and O–H groups in total. The fourth-order valence-electron chi connectivity index (χ4n) is 4.44. The molecule has 0 fully saturated rings. The minimum absolute atomic E-state index is 0.130. The quantitative estimate of drug-likeness (QED) is 0.617. The predicted octanol–water partition coefficient (Wildman–Crippen LogP) is 4.22. The Kier molecular flexibility index (Phi) is 2.96. The highest BCUT2D eigenvalue weighted by Crippen LogP contribution is 2.47. The van der Waals surface area contributed by atoms with Crippen LogP contribution in [0, 0.1) is 6.92 Å². The van der Waals surface area contributed by atoms with Crippen LogP contribution >= 0.6 is 0 Å². The van der Waals surface area contributed by atoms with Crippen LogP contribution in [0.2, 0.25) is 0 Å². The van der Waals surface area contributed by atoms with Crippen LogP contribution < -0.4 is 19.6 Å². The molecule has 3 aromatic rings. The summed E-state index contributed by atoms with van der Waals surface area (Å²) >= 11 is 0. The highest BCUT2D eigenvalue weighted by atomic mass is 15.5. The zero-order valence-electron chi connectivity index (χ0n) is 25.5. The third-order valence-corrected chi connectivity index (χ3v) is 5.94. The number of hydrogen-bond acceptors (Lipinski definition) is 8. The molecule has 1 aromatic carbocycles. The van der Waals surface area contributed by atoms with E-state index in [1.807, 2.05) is 36.9 Å². The van der Waals surface area contributed by atoms with Gasteiger partial charge in [0, 0.05) is 60.2 Å². The fraction of sp³-hybridized carbons (Fsp3) is 0.391. The molecule has 160 valence electrons. The predicted molar refractivity (Wildman–Crippen MR) is 124 cm³/mol. The van der Waals surface area contributed by atoms with Crippen molar-refractivity contribution in [1.29, 1.82) is 0 Å². The molecule has 0 saturated heterocycles. The highest BCUT2D eigenvalue weighted by Gasteiger charge is 2.39. The van der Waals surface area contributed by atoms with E-state index in [0.717, 1.165) is 16.2 Å². The van der Waals surface area contributed by atoms with E-state index in [4.69, 9.17) is 11.0 Å². The Morgan fingerprint density at radius 1 is 0.806 bits per heavy atom. The molecule has 4 heterocycles. The van der Waals surface area contributed by atoms with Crippen molar-refractivity contribution in [2.24, 2.45) is 0 Å². The molecule has 31 heavy (non-hydrogen) atoms. The maximum atomic E-state index is 8.48. The first-order valence-electron chi connectivity index (χ1n) is 14.0. The average Bonchev–Trinajstić information content (AvgIpc) is 3.29. The average molecular weight is 425 g/mol. The Balaban J connectivity index is 1.62. The smallest absolute Gasteiger partial charge is 0.178 e. The molecule has 2 aliphatic rings. The summed E-state index contributed by atoms with van der Waals surface area (Å²) in [5, 5.41) is 0. The summed E-state index contributed by atoms with van der Waals surface area (Å²) in [6.07, 6.45) is 4.78. The van der Waals surface area contributed by atoms with Crippen LogP contribution in [-0.4, -0.2) is 45.3 Å². The molecule has 0 spiro atoms. The van der Waals surface area contributed by atoms with Gasteiger partial charge in [-0.25, -0.2) is 19.9 Å². The van der Waals surface area contributed by atoms with Crippen LogP contribution in [0.4, 0.5) is 34.6 Å². The Morgan fingerprint density at radius 2 is 1.32 bits per heavy atom. The Labute approximate surface area is 194 Å². The monoisotopic (exact) mass is 424 g/mol. The number of benzene rings is 1. The van der Waals surface area contributed by atoms with Crippen molar-refractivity contribution in [1.82, 2.24) is 19.9 Å². The second-order valence-electron chi connectivity index (χ2n) is 7.44. The molecule has 8 heteroatoms. The third kappa shape index (κ3) is 2.74. The van der Waals surface area contributed by atoms with Gasteiger partial charge in [-0.3, -0.25) is 0 Å². The first-order valence-corrected chi connectivity index (χ1v) is 10.0. The van der Waals surface area contributed by atoms with Crippen molar-refractivity contribution in [2.45, 2.75) is 46.8 Å². The van der Waals surface area contributed by atoms with Crippen LogP contribution in [0.1, 0.15) is 44.1 Å². The van der Waals surface area contributed by atoms with E-state index in [1.54, 1.807) is 22.9 Å². The lowest BCUT2D eigenvalue weighted by atomic mass is 10.1. The summed E-state index contributed by atoms with van der Waals surface area (Å²) in [6, 6.07) is 5.57. The van der Waals surface area contributed by atoms with E-state index in [1.165, 1.54) is 18.6 Å². The van der Waals surface area contributed by atoms with Gasteiger partial charge in [-0.1, -0.05) is 6.07 Å². The van der Waals surface area contributed by atoms with Gasteiger partial charge in [0.25, 0.3) is 0 Å². The number of fused-ring (bicyclic) bond motifs is 2. The molecular weight excluding hydrogens is 388 g/mol. The largest absolute Gasteiger partial charge is 0.333 e. The first kappa shape index (κ1) is 12.4. The normalized spacial score (nSPS) is 24.9. The third-order valence-electron chi connectivity index (χ3n) is 5.94. The molecule has 0 unspecified atom stereocenters. The van der Waals surface area contributed by atoms with Crippen LogP contribution in [0.25, 0.3) is 0 Å². The molecule has 0 bridgehead atoms. The molecule has 2 aliphatic heterocycles. The van der Waals surface area contributed by atoms with Crippen LogP contribution in [0.5, 0.6) is 0 Å². The van der Waals surface area contributed by atoms with Gasteiger partial charge in [-0.2, -0.15) is 0 Å². The maximum Gasteiger partial charge on any atom is 0.178 e. The van der Waals surface area contributed by atoms with Crippen molar-refractivity contribution < 1.29 is 11.0 Å². The SMILES string of the molecule is [2H]C([2H])([2H])CN1c2nccnc2N(c2cccc(N3c4nccnc4N(C([2H])([2H])C([2H])([2H])[2H])[C@@H]3C)c2C)[C@@H]1C. The van der Waals surface area contributed by atoms with Gasteiger partial charge >= 0.3 is 0 Å². The van der Waals surface area contributed by atoms with E-state index >= 15 is 0 Å². The number of anilines is 6. The summed E-state index contributed by atoms with van der Waals surface area (Å²) in [7, 11) is 0. The Morgan fingerprint density at radius 3 is 1.87 bits per heavy atom. The molecular formula is C23H28N8. The van der Waals surface area contributed by atoms with Gasteiger partial charge in [-0.15, -0.1) is 0 Å². The zero-order chi connectivity index (χ0) is 28.5. The lowest BCUT2D eigenvalue weighted by molar-refractivity contribution is 0.679. The van der Waals surface area contributed by atoms with Crippen LogP contribution in [0.3, 0.4) is 0 Å². The van der Waals surface area contributed by atoms with Crippen LogP contribution in [0.15, 0.2) is 43.0 Å². The van der Waals surface area contributed by atoms with Crippen molar-refractivity contribution in [3.8, 4) is 0 Å². The van der Waals surface area contributed by atoms with E-state index in [2.05, 4.69) is 19.9 Å². The summed E-state index contributed by atoms with van der Waals surface area (Å²) in [5.74, 6) is 1.45. The summed E-state index contributed by atoms with van der Waals surface area (Å²) in [6.45, 7) is -2.60. The summed E-state index contributed by atoms with van der Waals surface area (Å²) in [5.41, 5.74) is 2.18. The van der Waals surface area contributed by atoms with Gasteiger partial charge in [0.2, 0.25) is 0 Å². The molecule has 0 saturated carbocycles. The molecule has 2 aromatic heterocycles. The zero-order valence-corrected chi connectivity index (χ0v) is 17.5. The number of hydrogen-bond donors (Lipinski definition) is 0. The minimum atomic E-state index is -2.94. The Hall–Kier alpha value is -3.42. The minimum Gasteiger partial charge on any atom is -0.333 e. The van der Waals surface area contributed by atoms with Gasteiger partial charge in [0.1, 0.15) is 12.3 Å². The first-order chi connectivity index (χ1) is 18.1. The molecule has 0 radical (unpaired) electrons. The lowest BCUT2D eigenvalue weighted by Gasteiger charge is -2.33. The summed E-state index contributed by atoms with van der Waals surface area (Å²) < 4.78 is 64.0. The number of rotatable bonds is 4. The van der Waals surface area contributed by atoms with Gasteiger partial charge in [0.15, 0.2) is 23.3 Å². The summed E-state index contributed by atoms with van der Waals surface area (Å²) in [4.78, 5) is 24.2. The highest BCUT2D eigenvalue weighted by molar-refractivity contribution is 5.85. The van der Waals surface area contributed by atoms with E-state index < -0.39 is 32.5 Å². The molecule has 0 amide bonds. The fourth-order valence-corrected chi connectivity index (χ4v) is 4.44. The molecule has 5 rings (SSSR count). The van der Waals surface area contributed by atoms with E-state index in [-0.39, 0.29) is 12.4 Å². The van der Waals surface area contributed by atoms with Crippen molar-refractivity contribution in [3.05, 3.63) is 48.5 Å². The Bertz CT molecular complexity index is 1400. The van der Waals surface area contributed by atoms with Gasteiger partial charge < -0.3 is 19.6 Å². The van der Waals surface area contributed by atoms with E-state index in [9.17, 15) is 0 Å². The van der Waals surface area contributed by atoms with Crippen LogP contribution in [-0.2, 0) is 0 Å². The van der Waals surface area contributed by atoms with Crippen molar-refractivity contribution in [3.63, 3.8) is 0 Å². The van der Waals surface area contributed by atoms with Gasteiger partial charge in [0.05, 0.1) is 0 Å². The lowest BCUT2D eigenvalue weighted by Crippen LogP contribution is -2.40.